The Morgan fingerprint density at radius 3 is 2.40 bits per heavy atom. The number of carbonyl (C=O) groups is 1. The summed E-state index contributed by atoms with van der Waals surface area (Å²) in [5.74, 6) is 1.65. The Labute approximate surface area is 252 Å². The van der Waals surface area contributed by atoms with Gasteiger partial charge in [-0.05, 0) is 86.7 Å². The highest BCUT2D eigenvalue weighted by atomic mass is 16.6. The lowest BCUT2D eigenvalue weighted by Crippen LogP contribution is -2.24. The molecule has 0 aliphatic carbocycles. The van der Waals surface area contributed by atoms with Crippen molar-refractivity contribution in [2.75, 3.05) is 0 Å². The molecule has 1 N–H and O–H groups in total. The van der Waals surface area contributed by atoms with E-state index in [9.17, 15) is 4.79 Å². The van der Waals surface area contributed by atoms with Crippen molar-refractivity contribution in [2.24, 2.45) is 0 Å². The molecule has 6 heteroatoms. The first-order valence-electron chi connectivity index (χ1n) is 15.1. The highest BCUT2D eigenvalue weighted by Crippen LogP contribution is 2.30. The van der Waals surface area contributed by atoms with Gasteiger partial charge in [0, 0.05) is 18.5 Å². The zero-order chi connectivity index (χ0) is 30.1. The minimum Gasteiger partial charge on any atom is -0.456 e. The minimum atomic E-state index is -0.556. The Morgan fingerprint density at radius 2 is 1.65 bits per heavy atom. The normalized spacial score (nSPS) is 11.8. The molecule has 6 rings (SSSR count). The second-order valence-corrected chi connectivity index (χ2v) is 12.2. The summed E-state index contributed by atoms with van der Waals surface area (Å²) < 4.78 is 8.03. The number of H-pyrrole nitrogens is 1. The molecule has 0 saturated heterocycles. The van der Waals surface area contributed by atoms with E-state index >= 15 is 0 Å². The number of esters is 1. The third kappa shape index (κ3) is 5.96. The van der Waals surface area contributed by atoms with Crippen LogP contribution in [0.2, 0.25) is 0 Å². The van der Waals surface area contributed by atoms with Crippen LogP contribution in [-0.2, 0) is 17.7 Å². The van der Waals surface area contributed by atoms with Gasteiger partial charge in [0.1, 0.15) is 17.2 Å². The van der Waals surface area contributed by atoms with E-state index in [4.69, 9.17) is 14.7 Å². The summed E-state index contributed by atoms with van der Waals surface area (Å²) in [6.07, 6.45) is 3.11. The van der Waals surface area contributed by atoms with E-state index in [-0.39, 0.29) is 5.97 Å². The van der Waals surface area contributed by atoms with Crippen molar-refractivity contribution in [3.8, 4) is 22.5 Å². The first kappa shape index (κ1) is 28.4. The van der Waals surface area contributed by atoms with E-state index in [1.54, 1.807) is 0 Å². The molecule has 218 valence electrons. The molecule has 0 fully saturated rings. The van der Waals surface area contributed by atoms with Gasteiger partial charge in [-0.2, -0.15) is 0 Å². The molecule has 0 spiro atoms. The van der Waals surface area contributed by atoms with Crippen LogP contribution >= 0.6 is 0 Å². The standard InChI is InChI=1S/C37H38N4O2/c1-6-7-16-33-40-34-24(2)21-27(35-38-30-14-10-11-15-31(30)39-35)22-32(34)41(33)23-25-17-19-26(20-18-25)28-12-8-9-13-29(28)36(42)43-37(3,4)5/h8-15,17-22H,6-7,16,23H2,1-5H3,(H,38,39). The van der Waals surface area contributed by atoms with Gasteiger partial charge in [0.15, 0.2) is 0 Å². The quantitative estimate of drug-likeness (QED) is 0.185. The van der Waals surface area contributed by atoms with Crippen molar-refractivity contribution in [3.05, 3.63) is 107 Å². The van der Waals surface area contributed by atoms with E-state index in [1.807, 2.05) is 63.2 Å². The molecule has 0 aliphatic heterocycles. The number of ether oxygens (including phenoxy) is 1. The molecule has 43 heavy (non-hydrogen) atoms. The van der Waals surface area contributed by atoms with Crippen LogP contribution in [0.4, 0.5) is 0 Å². The monoisotopic (exact) mass is 570 g/mol. The molecule has 0 radical (unpaired) electrons. The minimum absolute atomic E-state index is 0.312. The Kier molecular flexibility index (Phi) is 7.61. The number of para-hydroxylation sites is 2. The molecule has 0 atom stereocenters. The summed E-state index contributed by atoms with van der Waals surface area (Å²) in [7, 11) is 0. The van der Waals surface area contributed by atoms with Gasteiger partial charge in [0.25, 0.3) is 0 Å². The fourth-order valence-electron chi connectivity index (χ4n) is 5.59. The average Bonchev–Trinajstić information content (AvgIpc) is 3.57. The van der Waals surface area contributed by atoms with Gasteiger partial charge in [-0.1, -0.05) is 67.9 Å². The van der Waals surface area contributed by atoms with Gasteiger partial charge in [-0.3, -0.25) is 0 Å². The van der Waals surface area contributed by atoms with Gasteiger partial charge < -0.3 is 14.3 Å². The molecule has 6 aromatic rings. The van der Waals surface area contributed by atoms with Gasteiger partial charge in [0.05, 0.1) is 27.6 Å². The summed E-state index contributed by atoms with van der Waals surface area (Å²) >= 11 is 0. The Balaban J connectivity index is 1.36. The van der Waals surface area contributed by atoms with E-state index in [1.165, 1.54) is 5.56 Å². The first-order chi connectivity index (χ1) is 20.7. The SMILES string of the molecule is CCCCc1nc2c(C)cc(-c3nc4ccccc4[nH]3)cc2n1Cc1ccc(-c2ccccc2C(=O)OC(C)(C)C)cc1. The molecule has 0 bridgehead atoms. The van der Waals surface area contributed by atoms with Gasteiger partial charge >= 0.3 is 5.97 Å². The lowest BCUT2D eigenvalue weighted by Gasteiger charge is -2.20. The largest absolute Gasteiger partial charge is 0.456 e. The van der Waals surface area contributed by atoms with Crippen LogP contribution in [0.25, 0.3) is 44.6 Å². The highest BCUT2D eigenvalue weighted by Gasteiger charge is 2.21. The fourth-order valence-corrected chi connectivity index (χ4v) is 5.59. The number of fused-ring (bicyclic) bond motifs is 2. The Morgan fingerprint density at radius 1 is 0.907 bits per heavy atom. The summed E-state index contributed by atoms with van der Waals surface area (Å²) in [5.41, 5.74) is 9.36. The number of aromatic nitrogens is 4. The molecule has 2 aromatic heterocycles. The topological polar surface area (TPSA) is 72.8 Å². The molecule has 0 amide bonds. The van der Waals surface area contributed by atoms with Crippen LogP contribution < -0.4 is 0 Å². The lowest BCUT2D eigenvalue weighted by molar-refractivity contribution is 0.00704. The van der Waals surface area contributed by atoms with Crippen LogP contribution in [0, 0.1) is 6.92 Å². The third-order valence-corrected chi connectivity index (χ3v) is 7.69. The number of nitrogens with zero attached hydrogens (tertiary/aromatic N) is 3. The van der Waals surface area contributed by atoms with Crippen LogP contribution in [0.1, 0.15) is 67.8 Å². The predicted octanol–water partition coefficient (Wildman–Crippen LogP) is 8.90. The number of nitrogens with one attached hydrogen (secondary N) is 1. The molecule has 6 nitrogen and oxygen atoms in total. The number of aryl methyl sites for hydroxylation is 2. The van der Waals surface area contributed by atoms with Crippen molar-refractivity contribution >= 4 is 28.0 Å². The Bertz CT molecular complexity index is 1890. The number of benzene rings is 4. The first-order valence-corrected chi connectivity index (χ1v) is 15.1. The van der Waals surface area contributed by atoms with E-state index in [2.05, 4.69) is 65.9 Å². The summed E-state index contributed by atoms with van der Waals surface area (Å²) in [4.78, 5) is 26.4. The number of aromatic amines is 1. The molecule has 4 aromatic carbocycles. The summed E-state index contributed by atoms with van der Waals surface area (Å²) in [5, 5.41) is 0. The van der Waals surface area contributed by atoms with Crippen LogP contribution in [0.3, 0.4) is 0 Å². The van der Waals surface area contributed by atoms with Gasteiger partial charge in [-0.15, -0.1) is 0 Å². The van der Waals surface area contributed by atoms with Crippen molar-refractivity contribution in [3.63, 3.8) is 0 Å². The molecule has 0 unspecified atom stereocenters. The molecular formula is C37H38N4O2. The lowest BCUT2D eigenvalue weighted by atomic mass is 9.98. The maximum atomic E-state index is 13.0. The maximum Gasteiger partial charge on any atom is 0.339 e. The number of carbonyl (C=O) groups excluding carboxylic acids is 1. The highest BCUT2D eigenvalue weighted by molar-refractivity contribution is 5.97. The third-order valence-electron chi connectivity index (χ3n) is 7.69. The van der Waals surface area contributed by atoms with Crippen molar-refractivity contribution in [1.82, 2.24) is 19.5 Å². The van der Waals surface area contributed by atoms with Gasteiger partial charge in [0.2, 0.25) is 0 Å². The van der Waals surface area contributed by atoms with E-state index < -0.39 is 5.60 Å². The smallest absolute Gasteiger partial charge is 0.339 e. The molecule has 0 aliphatic rings. The molecular weight excluding hydrogens is 532 g/mol. The number of rotatable bonds is 8. The zero-order valence-electron chi connectivity index (χ0n) is 25.6. The van der Waals surface area contributed by atoms with Crippen LogP contribution in [0.15, 0.2) is 84.9 Å². The number of unbranched alkanes of at least 4 members (excludes halogenated alkanes) is 1. The van der Waals surface area contributed by atoms with Crippen molar-refractivity contribution in [1.29, 1.82) is 0 Å². The summed E-state index contributed by atoms with van der Waals surface area (Å²) in [6.45, 7) is 10.7. The second-order valence-electron chi connectivity index (χ2n) is 12.2. The van der Waals surface area contributed by atoms with Crippen LogP contribution in [0.5, 0.6) is 0 Å². The van der Waals surface area contributed by atoms with Crippen molar-refractivity contribution in [2.45, 2.75) is 66.0 Å². The van der Waals surface area contributed by atoms with Gasteiger partial charge in [-0.25, -0.2) is 14.8 Å². The fraction of sp³-hybridized carbons (Fsp3) is 0.270. The average molecular weight is 571 g/mol. The Hall–Kier alpha value is -4.71. The maximum absolute atomic E-state index is 13.0. The number of hydrogen-bond acceptors (Lipinski definition) is 4. The van der Waals surface area contributed by atoms with Crippen molar-refractivity contribution < 1.29 is 9.53 Å². The van der Waals surface area contributed by atoms with Crippen LogP contribution in [-0.4, -0.2) is 31.1 Å². The number of imidazole rings is 2. The molecule has 0 saturated carbocycles. The second kappa shape index (κ2) is 11.5. The molecule has 2 heterocycles. The summed E-state index contributed by atoms with van der Waals surface area (Å²) in [6, 6.07) is 28.6. The van der Waals surface area contributed by atoms with E-state index in [0.29, 0.717) is 12.1 Å². The predicted molar refractivity (Wildman–Crippen MR) is 174 cm³/mol. The zero-order valence-corrected chi connectivity index (χ0v) is 25.6. The van der Waals surface area contributed by atoms with E-state index in [0.717, 1.165) is 75.2 Å². The number of hydrogen-bond donors (Lipinski definition) is 1.